The molecular weight excluding hydrogens is 202 g/mol. The number of aromatic nitrogens is 2. The largest absolute Gasteiger partial charge is 0.376 e. The Morgan fingerprint density at radius 1 is 1.56 bits per heavy atom. The van der Waals surface area contributed by atoms with Crippen molar-refractivity contribution in [2.45, 2.75) is 20.4 Å². The molecule has 0 spiro atoms. The average Bonchev–Trinajstić information content (AvgIpc) is 2.62. The number of ether oxygens (including phenoxy) is 1. The Balaban J connectivity index is 1.96. The molecule has 4 nitrogen and oxygen atoms in total. The molecule has 0 saturated carbocycles. The van der Waals surface area contributed by atoms with Gasteiger partial charge in [-0.05, 0) is 13.8 Å². The summed E-state index contributed by atoms with van der Waals surface area (Å²) in [6.07, 6.45) is 3.82. The lowest BCUT2D eigenvalue weighted by atomic mass is 10.4. The van der Waals surface area contributed by atoms with E-state index in [1.807, 2.05) is 26.2 Å². The van der Waals surface area contributed by atoms with Crippen LogP contribution in [-0.4, -0.2) is 35.9 Å². The zero-order valence-electron chi connectivity index (χ0n) is 10.2. The van der Waals surface area contributed by atoms with E-state index in [4.69, 9.17) is 4.74 Å². The summed E-state index contributed by atoms with van der Waals surface area (Å²) in [5, 5.41) is 3.32. The molecule has 1 heterocycles. The number of hydrogen-bond donors (Lipinski definition) is 1. The third kappa shape index (κ3) is 5.09. The van der Waals surface area contributed by atoms with Crippen LogP contribution in [0, 0.1) is 6.92 Å². The predicted molar refractivity (Wildman–Crippen MR) is 65.5 cm³/mol. The molecule has 0 bridgehead atoms. The van der Waals surface area contributed by atoms with Gasteiger partial charge < -0.3 is 14.6 Å². The van der Waals surface area contributed by atoms with Gasteiger partial charge in [0.25, 0.3) is 0 Å². The average molecular weight is 223 g/mol. The van der Waals surface area contributed by atoms with Crippen LogP contribution >= 0.6 is 0 Å². The Labute approximate surface area is 97.3 Å². The van der Waals surface area contributed by atoms with E-state index in [1.165, 1.54) is 0 Å². The highest BCUT2D eigenvalue weighted by Crippen LogP contribution is 1.93. The molecule has 0 unspecified atom stereocenters. The quantitative estimate of drug-likeness (QED) is 0.534. The van der Waals surface area contributed by atoms with Crippen molar-refractivity contribution in [3.8, 4) is 0 Å². The first-order valence-electron chi connectivity index (χ1n) is 5.60. The van der Waals surface area contributed by atoms with Gasteiger partial charge in [-0.25, -0.2) is 4.98 Å². The molecule has 1 aromatic heterocycles. The van der Waals surface area contributed by atoms with E-state index < -0.39 is 0 Å². The molecule has 0 atom stereocenters. The van der Waals surface area contributed by atoms with Crippen LogP contribution in [0.25, 0.3) is 0 Å². The van der Waals surface area contributed by atoms with E-state index >= 15 is 0 Å². The van der Waals surface area contributed by atoms with E-state index in [-0.39, 0.29) is 0 Å². The van der Waals surface area contributed by atoms with Crippen LogP contribution in [0.2, 0.25) is 0 Å². The van der Waals surface area contributed by atoms with Crippen molar-refractivity contribution in [2.75, 3.05) is 26.3 Å². The van der Waals surface area contributed by atoms with Gasteiger partial charge in [0.05, 0.1) is 13.2 Å². The van der Waals surface area contributed by atoms with Crippen LogP contribution in [0.15, 0.2) is 24.5 Å². The molecule has 1 N–H and O–H groups in total. The molecule has 0 aliphatic rings. The second-order valence-electron chi connectivity index (χ2n) is 3.93. The fourth-order valence-corrected chi connectivity index (χ4v) is 1.36. The molecule has 0 aromatic carbocycles. The summed E-state index contributed by atoms with van der Waals surface area (Å²) in [5.41, 5.74) is 1.06. The Morgan fingerprint density at radius 3 is 3.00 bits per heavy atom. The van der Waals surface area contributed by atoms with Crippen molar-refractivity contribution in [3.63, 3.8) is 0 Å². The maximum atomic E-state index is 5.37. The van der Waals surface area contributed by atoms with Gasteiger partial charge in [-0.3, -0.25) is 0 Å². The van der Waals surface area contributed by atoms with E-state index in [1.54, 1.807) is 0 Å². The summed E-state index contributed by atoms with van der Waals surface area (Å²) in [4.78, 5) is 4.17. The smallest absolute Gasteiger partial charge is 0.105 e. The summed E-state index contributed by atoms with van der Waals surface area (Å²) < 4.78 is 7.50. The third-order valence-electron chi connectivity index (χ3n) is 2.22. The maximum absolute atomic E-state index is 5.37. The standard InChI is InChI=1S/C12H21N3O/c1-11(2)10-16-9-6-13-4-7-15-8-5-14-12(15)3/h5,8,13H,1,4,6-7,9-10H2,2-3H3. The molecule has 0 saturated heterocycles. The number of rotatable bonds is 8. The van der Waals surface area contributed by atoms with Gasteiger partial charge in [-0.2, -0.15) is 0 Å². The number of hydrogen-bond acceptors (Lipinski definition) is 3. The van der Waals surface area contributed by atoms with Gasteiger partial charge in [0.2, 0.25) is 0 Å². The lowest BCUT2D eigenvalue weighted by Crippen LogP contribution is -2.24. The van der Waals surface area contributed by atoms with Gasteiger partial charge in [0, 0.05) is 32.0 Å². The second-order valence-corrected chi connectivity index (χ2v) is 3.93. The summed E-state index contributed by atoms with van der Waals surface area (Å²) in [7, 11) is 0. The van der Waals surface area contributed by atoms with Crippen LogP contribution in [0.4, 0.5) is 0 Å². The van der Waals surface area contributed by atoms with Gasteiger partial charge in [0.1, 0.15) is 5.82 Å². The fraction of sp³-hybridized carbons (Fsp3) is 0.583. The molecule has 0 fully saturated rings. The monoisotopic (exact) mass is 223 g/mol. The Hall–Kier alpha value is -1.13. The minimum atomic E-state index is 0.655. The summed E-state index contributed by atoms with van der Waals surface area (Å²) in [6.45, 7) is 11.9. The molecule has 0 radical (unpaired) electrons. The third-order valence-corrected chi connectivity index (χ3v) is 2.22. The molecule has 0 aliphatic heterocycles. The number of aryl methyl sites for hydroxylation is 1. The Morgan fingerprint density at radius 2 is 2.38 bits per heavy atom. The molecule has 0 amide bonds. The van der Waals surface area contributed by atoms with Crippen LogP contribution in [0.1, 0.15) is 12.7 Å². The summed E-state index contributed by atoms with van der Waals surface area (Å²) >= 11 is 0. The lowest BCUT2D eigenvalue weighted by molar-refractivity contribution is 0.158. The number of nitrogens with one attached hydrogen (secondary N) is 1. The van der Waals surface area contributed by atoms with Crippen molar-refractivity contribution in [1.82, 2.24) is 14.9 Å². The first kappa shape index (κ1) is 12.9. The Bertz CT molecular complexity index is 320. The minimum absolute atomic E-state index is 0.655. The van der Waals surface area contributed by atoms with E-state index in [0.29, 0.717) is 6.61 Å². The number of nitrogens with zero attached hydrogens (tertiary/aromatic N) is 2. The van der Waals surface area contributed by atoms with Gasteiger partial charge in [-0.15, -0.1) is 0 Å². The first-order chi connectivity index (χ1) is 7.70. The summed E-state index contributed by atoms with van der Waals surface area (Å²) in [6, 6.07) is 0. The van der Waals surface area contributed by atoms with Gasteiger partial charge >= 0.3 is 0 Å². The molecule has 1 aromatic rings. The van der Waals surface area contributed by atoms with Gasteiger partial charge in [0.15, 0.2) is 0 Å². The van der Waals surface area contributed by atoms with Crippen molar-refractivity contribution >= 4 is 0 Å². The highest BCUT2D eigenvalue weighted by Gasteiger charge is 1.95. The van der Waals surface area contributed by atoms with Crippen LogP contribution in [-0.2, 0) is 11.3 Å². The number of imidazole rings is 1. The zero-order valence-corrected chi connectivity index (χ0v) is 10.2. The van der Waals surface area contributed by atoms with Crippen molar-refractivity contribution < 1.29 is 4.74 Å². The molecule has 16 heavy (non-hydrogen) atoms. The fourth-order valence-electron chi connectivity index (χ4n) is 1.36. The van der Waals surface area contributed by atoms with E-state index in [9.17, 15) is 0 Å². The summed E-state index contributed by atoms with van der Waals surface area (Å²) in [5.74, 6) is 1.06. The van der Waals surface area contributed by atoms with Crippen molar-refractivity contribution in [3.05, 3.63) is 30.4 Å². The first-order valence-corrected chi connectivity index (χ1v) is 5.60. The molecule has 1 rings (SSSR count). The topological polar surface area (TPSA) is 39.1 Å². The normalized spacial score (nSPS) is 10.6. The highest BCUT2D eigenvalue weighted by atomic mass is 16.5. The van der Waals surface area contributed by atoms with Crippen LogP contribution in [0.5, 0.6) is 0 Å². The van der Waals surface area contributed by atoms with Gasteiger partial charge in [-0.1, -0.05) is 12.2 Å². The Kier molecular flexibility index (Phi) is 5.82. The van der Waals surface area contributed by atoms with Crippen LogP contribution in [0.3, 0.4) is 0 Å². The van der Waals surface area contributed by atoms with Crippen molar-refractivity contribution in [2.24, 2.45) is 0 Å². The highest BCUT2D eigenvalue weighted by molar-refractivity contribution is 4.88. The molecular formula is C12H21N3O. The van der Waals surface area contributed by atoms with E-state index in [0.717, 1.165) is 37.6 Å². The zero-order chi connectivity index (χ0) is 11.8. The molecule has 0 aliphatic carbocycles. The van der Waals surface area contributed by atoms with Crippen molar-refractivity contribution in [1.29, 1.82) is 0 Å². The maximum Gasteiger partial charge on any atom is 0.105 e. The molecule has 90 valence electrons. The SMILES string of the molecule is C=C(C)COCCNCCn1ccnc1C. The lowest BCUT2D eigenvalue weighted by Gasteiger charge is -2.07. The van der Waals surface area contributed by atoms with E-state index in [2.05, 4.69) is 21.4 Å². The second kappa shape index (κ2) is 7.19. The minimum Gasteiger partial charge on any atom is -0.376 e. The molecule has 4 heteroatoms. The predicted octanol–water partition coefficient (Wildman–Crippen LogP) is 1.37. The van der Waals surface area contributed by atoms with Crippen LogP contribution < -0.4 is 5.32 Å².